The molecule has 0 radical (unpaired) electrons. The lowest BCUT2D eigenvalue weighted by atomic mass is 9.89. The third-order valence-electron chi connectivity index (χ3n) is 6.45. The first kappa shape index (κ1) is 24.5. The number of pyridine rings is 1. The van der Waals surface area contributed by atoms with E-state index in [2.05, 4.69) is 36.8 Å². The second-order valence-corrected chi connectivity index (χ2v) is 10.7. The first-order valence-corrected chi connectivity index (χ1v) is 12.7. The van der Waals surface area contributed by atoms with Gasteiger partial charge in [0.05, 0.1) is 22.7 Å². The number of aromatic nitrogens is 1. The largest absolute Gasteiger partial charge is 0.370 e. The highest BCUT2D eigenvalue weighted by molar-refractivity contribution is 7.99. The molecule has 1 aromatic carbocycles. The maximum Gasteiger partial charge on any atom is 0.269 e. The van der Waals surface area contributed by atoms with Gasteiger partial charge in [0, 0.05) is 49.5 Å². The molecule has 4 rings (SSSR count). The summed E-state index contributed by atoms with van der Waals surface area (Å²) in [7, 11) is 2.14. The molecule has 0 amide bonds. The van der Waals surface area contributed by atoms with Crippen LogP contribution in [0.15, 0.2) is 29.3 Å². The Morgan fingerprint density at radius 3 is 2.85 bits per heavy atom. The maximum absolute atomic E-state index is 11.1. The first-order chi connectivity index (χ1) is 16.3. The summed E-state index contributed by atoms with van der Waals surface area (Å²) in [6.07, 6.45) is 2.40. The zero-order chi connectivity index (χ0) is 24.3. The smallest absolute Gasteiger partial charge is 0.269 e. The lowest BCUT2D eigenvalue weighted by molar-refractivity contribution is -0.384. The normalized spacial score (nSPS) is 18.1. The van der Waals surface area contributed by atoms with Gasteiger partial charge < -0.3 is 14.5 Å². The van der Waals surface area contributed by atoms with E-state index in [0.29, 0.717) is 30.8 Å². The molecule has 1 aromatic heterocycles. The van der Waals surface area contributed by atoms with E-state index >= 15 is 0 Å². The number of non-ortho nitro benzene ring substituents is 1. The van der Waals surface area contributed by atoms with Crippen molar-refractivity contribution in [1.82, 2.24) is 9.88 Å². The summed E-state index contributed by atoms with van der Waals surface area (Å²) in [6.45, 7) is 8.44. The highest BCUT2D eigenvalue weighted by Crippen LogP contribution is 2.39. The summed E-state index contributed by atoms with van der Waals surface area (Å²) < 4.78 is 6.14. The molecule has 1 fully saturated rings. The molecule has 0 unspecified atom stereocenters. The number of nitro benzene ring substituents is 1. The molecule has 34 heavy (non-hydrogen) atoms. The second kappa shape index (κ2) is 10.3. The summed E-state index contributed by atoms with van der Waals surface area (Å²) in [5.74, 6) is 1.63. The number of thioether (sulfide) groups is 1. The number of nitrogens with zero attached hydrogens (tertiary/aromatic N) is 5. The monoisotopic (exact) mass is 481 g/mol. The van der Waals surface area contributed by atoms with E-state index in [0.717, 1.165) is 60.1 Å². The third-order valence-corrected chi connectivity index (χ3v) is 7.43. The SMILES string of the molecule is CN1CCCN(c2nc(SCCc3cccc([N+](=O)[O-])c3)c(C#N)c3c2COC(C)(C)C3)CC1. The number of ether oxygens (including phenoxy) is 1. The van der Waals surface area contributed by atoms with Gasteiger partial charge in [0.1, 0.15) is 16.9 Å². The minimum atomic E-state index is -0.371. The number of aryl methyl sites for hydroxylation is 1. The van der Waals surface area contributed by atoms with Crippen molar-refractivity contribution in [1.29, 1.82) is 5.26 Å². The predicted molar refractivity (Wildman–Crippen MR) is 133 cm³/mol. The molecule has 0 N–H and O–H groups in total. The van der Waals surface area contributed by atoms with Crippen molar-refractivity contribution in [3.05, 3.63) is 56.6 Å². The first-order valence-electron chi connectivity index (χ1n) is 11.7. The van der Waals surface area contributed by atoms with Crippen LogP contribution < -0.4 is 4.90 Å². The van der Waals surface area contributed by atoms with Crippen LogP contribution in [0.1, 0.15) is 42.5 Å². The molecule has 0 spiro atoms. The molecule has 8 nitrogen and oxygen atoms in total. The standard InChI is InChI=1S/C25H31N5O3S/c1-25(2)15-20-21(16-26)24(34-13-8-18-6-4-7-19(14-18)30(31)32)27-23(22(20)17-33-25)29-10-5-9-28(3)11-12-29/h4,6-7,14H,5,8-13,15,17H2,1-3H3. The van der Waals surface area contributed by atoms with Gasteiger partial charge in [0.15, 0.2) is 0 Å². The molecular weight excluding hydrogens is 450 g/mol. The lowest BCUT2D eigenvalue weighted by Crippen LogP contribution is -2.36. The second-order valence-electron chi connectivity index (χ2n) is 9.58. The molecule has 3 heterocycles. The number of anilines is 1. The molecule has 0 bridgehead atoms. The molecule has 1 saturated heterocycles. The van der Waals surface area contributed by atoms with Crippen molar-refractivity contribution in [3.8, 4) is 6.07 Å². The van der Waals surface area contributed by atoms with Gasteiger partial charge in [-0.3, -0.25) is 10.1 Å². The van der Waals surface area contributed by atoms with Gasteiger partial charge in [-0.25, -0.2) is 4.98 Å². The van der Waals surface area contributed by atoms with Crippen LogP contribution in [0.5, 0.6) is 0 Å². The van der Waals surface area contributed by atoms with Crippen molar-refractivity contribution in [3.63, 3.8) is 0 Å². The number of benzene rings is 1. The van der Waals surface area contributed by atoms with E-state index in [9.17, 15) is 15.4 Å². The van der Waals surface area contributed by atoms with Gasteiger partial charge in [-0.05, 0) is 51.4 Å². The van der Waals surface area contributed by atoms with Crippen LogP contribution in [0.2, 0.25) is 0 Å². The van der Waals surface area contributed by atoms with Crippen LogP contribution in [0, 0.1) is 21.4 Å². The minimum absolute atomic E-state index is 0.0998. The Hall–Kier alpha value is -2.67. The van der Waals surface area contributed by atoms with Crippen LogP contribution in [-0.4, -0.2) is 59.4 Å². The van der Waals surface area contributed by atoms with Crippen LogP contribution in [0.4, 0.5) is 11.5 Å². The Kier molecular flexibility index (Phi) is 7.41. The Morgan fingerprint density at radius 1 is 1.26 bits per heavy atom. The maximum atomic E-state index is 11.1. The number of hydrogen-bond donors (Lipinski definition) is 0. The highest BCUT2D eigenvalue weighted by Gasteiger charge is 2.33. The van der Waals surface area contributed by atoms with Crippen molar-refractivity contribution in [2.75, 3.05) is 43.9 Å². The number of nitriles is 1. The number of likely N-dealkylation sites (N-methyl/N-ethyl adjacent to an activating group) is 1. The average molecular weight is 482 g/mol. The van der Waals surface area contributed by atoms with Crippen LogP contribution in [0.3, 0.4) is 0 Å². The molecule has 2 aliphatic heterocycles. The van der Waals surface area contributed by atoms with Gasteiger partial charge in [-0.15, -0.1) is 11.8 Å². The van der Waals surface area contributed by atoms with Gasteiger partial charge in [0.2, 0.25) is 0 Å². The summed E-state index contributed by atoms with van der Waals surface area (Å²) >= 11 is 1.56. The van der Waals surface area contributed by atoms with E-state index in [1.807, 2.05) is 6.07 Å². The quantitative estimate of drug-likeness (QED) is 0.344. The Bertz CT molecular complexity index is 1110. The number of fused-ring (bicyclic) bond motifs is 1. The zero-order valence-electron chi connectivity index (χ0n) is 20.0. The summed E-state index contributed by atoms with van der Waals surface area (Å²) in [6, 6.07) is 9.16. The van der Waals surface area contributed by atoms with E-state index in [-0.39, 0.29) is 16.2 Å². The van der Waals surface area contributed by atoms with Gasteiger partial charge in [-0.1, -0.05) is 12.1 Å². The molecule has 9 heteroatoms. The molecular formula is C25H31N5O3S. The fraction of sp³-hybridized carbons (Fsp3) is 0.520. The van der Waals surface area contributed by atoms with Crippen LogP contribution in [-0.2, 0) is 24.2 Å². The van der Waals surface area contributed by atoms with Gasteiger partial charge in [0.25, 0.3) is 5.69 Å². The van der Waals surface area contributed by atoms with Crippen molar-refractivity contribution in [2.45, 2.75) is 50.3 Å². The number of rotatable bonds is 6. The third kappa shape index (κ3) is 5.52. The van der Waals surface area contributed by atoms with Gasteiger partial charge in [-0.2, -0.15) is 5.26 Å². The van der Waals surface area contributed by atoms with Crippen molar-refractivity contribution >= 4 is 23.3 Å². The zero-order valence-corrected chi connectivity index (χ0v) is 20.9. The summed E-state index contributed by atoms with van der Waals surface area (Å²) in [5, 5.41) is 21.9. The van der Waals surface area contributed by atoms with E-state index in [1.165, 1.54) is 6.07 Å². The predicted octanol–water partition coefficient (Wildman–Crippen LogP) is 4.19. The fourth-order valence-corrected chi connectivity index (χ4v) is 5.55. The highest BCUT2D eigenvalue weighted by atomic mass is 32.2. The Labute approximate surface area is 205 Å². The van der Waals surface area contributed by atoms with Crippen molar-refractivity contribution in [2.24, 2.45) is 0 Å². The molecule has 2 aliphatic rings. The summed E-state index contributed by atoms with van der Waals surface area (Å²) in [5.41, 5.74) is 3.42. The molecule has 0 aliphatic carbocycles. The summed E-state index contributed by atoms with van der Waals surface area (Å²) in [4.78, 5) is 20.4. The minimum Gasteiger partial charge on any atom is -0.370 e. The fourth-order valence-electron chi connectivity index (χ4n) is 4.56. The Morgan fingerprint density at radius 2 is 2.09 bits per heavy atom. The lowest BCUT2D eigenvalue weighted by Gasteiger charge is -2.35. The van der Waals surface area contributed by atoms with Crippen LogP contribution >= 0.6 is 11.8 Å². The Balaban J connectivity index is 1.64. The number of hydrogen-bond acceptors (Lipinski definition) is 8. The molecule has 0 atom stereocenters. The van der Waals surface area contributed by atoms with E-state index in [1.54, 1.807) is 23.9 Å². The molecule has 180 valence electrons. The van der Waals surface area contributed by atoms with Crippen molar-refractivity contribution < 1.29 is 9.66 Å². The van der Waals surface area contributed by atoms with E-state index < -0.39 is 0 Å². The molecule has 2 aromatic rings. The topological polar surface area (TPSA) is 95.5 Å². The average Bonchev–Trinajstić information content (AvgIpc) is 3.02. The van der Waals surface area contributed by atoms with Gasteiger partial charge >= 0.3 is 0 Å². The van der Waals surface area contributed by atoms with Crippen LogP contribution in [0.25, 0.3) is 0 Å². The number of nitro groups is 1. The van der Waals surface area contributed by atoms with E-state index in [4.69, 9.17) is 9.72 Å². The molecule has 0 saturated carbocycles.